The number of allylic oxidation sites excluding steroid dienone is 3. The molecule has 0 fully saturated rings. The summed E-state index contributed by atoms with van der Waals surface area (Å²) in [7, 11) is -0.589. The first-order valence-electron chi connectivity index (χ1n) is 10.3. The second-order valence-corrected chi connectivity index (χ2v) is 13.1. The molecule has 0 N–H and O–H groups in total. The quantitative estimate of drug-likeness (QED) is 0.146. The number of carbonyl (C=O) groups excluding carboxylic acids is 2. The maximum atomic E-state index is 13.1. The molecule has 0 saturated carbocycles. The molecule has 0 radical (unpaired) electrons. The summed E-state index contributed by atoms with van der Waals surface area (Å²) in [5.74, 6) is -0.628. The van der Waals surface area contributed by atoms with Gasteiger partial charge in [-0.25, -0.2) is 9.59 Å². The van der Waals surface area contributed by atoms with Crippen molar-refractivity contribution in [2.75, 3.05) is 7.11 Å². The predicted octanol–water partition coefficient (Wildman–Crippen LogP) is 6.24. The van der Waals surface area contributed by atoms with E-state index < -0.39 is 20.0 Å². The molecule has 0 amide bonds. The third-order valence-electron chi connectivity index (χ3n) is 4.65. The highest BCUT2D eigenvalue weighted by Gasteiger charge is 2.26. The highest BCUT2D eigenvalue weighted by molar-refractivity contribution is 6.84. The van der Waals surface area contributed by atoms with E-state index in [2.05, 4.69) is 26.2 Å². The molecule has 0 aliphatic heterocycles. The third kappa shape index (κ3) is 7.63. The molecule has 30 heavy (non-hydrogen) atoms. The van der Waals surface area contributed by atoms with E-state index in [1.807, 2.05) is 49.4 Å². The molecule has 1 rings (SSSR count). The summed E-state index contributed by atoms with van der Waals surface area (Å²) in [6, 6.07) is 9.93. The standard InChI is InChI=1S/C25H34O4Si/c1-8-10-16-22(19(3)24(26)28-4)29-25(27)21(9-2)23(30(5,6)7)18-17-20-14-12-11-13-15-20/h9,11-15,17-18H,2,8,10,16H2,1,3-7H3. The van der Waals surface area contributed by atoms with Crippen LogP contribution in [0.3, 0.4) is 0 Å². The summed E-state index contributed by atoms with van der Waals surface area (Å²) in [6.45, 7) is 14.0. The molecule has 1 aromatic carbocycles. The van der Waals surface area contributed by atoms with E-state index in [1.165, 1.54) is 7.11 Å². The third-order valence-corrected chi connectivity index (χ3v) is 6.70. The van der Waals surface area contributed by atoms with Crippen LogP contribution in [0, 0.1) is 0 Å². The number of hydrogen-bond acceptors (Lipinski definition) is 4. The number of hydrogen-bond donors (Lipinski definition) is 0. The smallest absolute Gasteiger partial charge is 0.343 e. The van der Waals surface area contributed by atoms with Gasteiger partial charge in [0.05, 0.1) is 26.3 Å². The molecule has 0 aliphatic carbocycles. The van der Waals surface area contributed by atoms with Crippen LogP contribution in [0.5, 0.6) is 0 Å². The highest BCUT2D eigenvalue weighted by Crippen LogP contribution is 2.25. The number of rotatable bonds is 10. The molecule has 4 nitrogen and oxygen atoms in total. The fourth-order valence-corrected chi connectivity index (χ4v) is 4.47. The summed E-state index contributed by atoms with van der Waals surface area (Å²) >= 11 is 0. The number of methoxy groups -OCH3 is 1. The average molecular weight is 427 g/mol. The van der Waals surface area contributed by atoms with Gasteiger partial charge in [-0.15, -0.1) is 0 Å². The van der Waals surface area contributed by atoms with Gasteiger partial charge >= 0.3 is 11.9 Å². The first-order chi connectivity index (χ1) is 14.1. The van der Waals surface area contributed by atoms with Gasteiger partial charge in [0.1, 0.15) is 5.76 Å². The molecule has 0 aliphatic rings. The van der Waals surface area contributed by atoms with Crippen LogP contribution in [0.15, 0.2) is 71.2 Å². The molecule has 0 spiro atoms. The minimum atomic E-state index is -1.91. The van der Waals surface area contributed by atoms with Crippen molar-refractivity contribution < 1.29 is 19.1 Å². The summed E-state index contributed by atoms with van der Waals surface area (Å²) in [5, 5.41) is 0.942. The molecule has 0 saturated heterocycles. The Labute approximate surface area is 182 Å². The van der Waals surface area contributed by atoms with Gasteiger partial charge in [-0.05, 0) is 24.1 Å². The number of benzene rings is 1. The fourth-order valence-electron chi connectivity index (χ4n) is 2.88. The van der Waals surface area contributed by atoms with Gasteiger partial charge in [0, 0.05) is 6.42 Å². The van der Waals surface area contributed by atoms with Crippen LogP contribution in [0.1, 0.15) is 38.7 Å². The van der Waals surface area contributed by atoms with Crippen molar-refractivity contribution in [3.63, 3.8) is 0 Å². The second kappa shape index (κ2) is 12.1. The SMILES string of the molecule is C=CC(C(=O)OC(CCCC)=C(C)C(=O)OC)=C(C=Cc1ccccc1)[Si](C)(C)C. The van der Waals surface area contributed by atoms with Gasteiger partial charge in [-0.2, -0.15) is 0 Å². The normalized spacial score (nSPS) is 13.4. The Kier molecular flexibility index (Phi) is 10.3. The Morgan fingerprint density at radius 1 is 1.10 bits per heavy atom. The number of unbranched alkanes of at least 4 members (excludes halogenated alkanes) is 1. The largest absolute Gasteiger partial charge is 0.466 e. The van der Waals surface area contributed by atoms with Crippen LogP contribution in [-0.2, 0) is 19.1 Å². The first-order valence-corrected chi connectivity index (χ1v) is 13.8. The molecule has 1 aromatic rings. The molecule has 0 atom stereocenters. The van der Waals surface area contributed by atoms with Crippen LogP contribution in [0.25, 0.3) is 6.08 Å². The van der Waals surface area contributed by atoms with Crippen molar-refractivity contribution in [1.29, 1.82) is 0 Å². The van der Waals surface area contributed by atoms with Gasteiger partial charge in [0.15, 0.2) is 0 Å². The van der Waals surface area contributed by atoms with E-state index >= 15 is 0 Å². The molecule has 0 aromatic heterocycles. The number of ether oxygens (including phenoxy) is 2. The minimum absolute atomic E-state index is 0.317. The predicted molar refractivity (Wildman–Crippen MR) is 126 cm³/mol. The van der Waals surface area contributed by atoms with E-state index in [0.29, 0.717) is 23.3 Å². The molecule has 162 valence electrons. The van der Waals surface area contributed by atoms with Crippen molar-refractivity contribution in [1.82, 2.24) is 0 Å². The van der Waals surface area contributed by atoms with Gasteiger partial charge in [-0.1, -0.05) is 88.1 Å². The lowest BCUT2D eigenvalue weighted by atomic mass is 10.1. The zero-order valence-electron chi connectivity index (χ0n) is 19.1. The lowest BCUT2D eigenvalue weighted by Gasteiger charge is -2.21. The fraction of sp³-hybridized carbons (Fsp3) is 0.360. The monoisotopic (exact) mass is 426 g/mol. The van der Waals surface area contributed by atoms with Gasteiger partial charge < -0.3 is 9.47 Å². The van der Waals surface area contributed by atoms with Crippen molar-refractivity contribution in [2.45, 2.75) is 52.8 Å². The zero-order chi connectivity index (χ0) is 22.7. The minimum Gasteiger partial charge on any atom is -0.466 e. The van der Waals surface area contributed by atoms with Gasteiger partial charge in [0.2, 0.25) is 0 Å². The van der Waals surface area contributed by atoms with E-state index in [-0.39, 0.29) is 0 Å². The van der Waals surface area contributed by atoms with Crippen LogP contribution in [-0.4, -0.2) is 27.1 Å². The molecule has 0 bridgehead atoms. The topological polar surface area (TPSA) is 52.6 Å². The summed E-state index contributed by atoms with van der Waals surface area (Å²) < 4.78 is 10.5. The van der Waals surface area contributed by atoms with Crippen molar-refractivity contribution >= 4 is 26.1 Å². The zero-order valence-corrected chi connectivity index (χ0v) is 20.1. The molecule has 0 heterocycles. The lowest BCUT2D eigenvalue weighted by Crippen LogP contribution is -2.26. The van der Waals surface area contributed by atoms with E-state index in [4.69, 9.17) is 9.47 Å². The summed E-state index contributed by atoms with van der Waals surface area (Å²) in [5.41, 5.74) is 1.81. The molecule has 0 unspecified atom stereocenters. The maximum Gasteiger partial charge on any atom is 0.343 e. The second-order valence-electron chi connectivity index (χ2n) is 8.06. The van der Waals surface area contributed by atoms with Crippen LogP contribution in [0.4, 0.5) is 0 Å². The van der Waals surface area contributed by atoms with Crippen LogP contribution < -0.4 is 0 Å². The van der Waals surface area contributed by atoms with Crippen LogP contribution >= 0.6 is 0 Å². The van der Waals surface area contributed by atoms with Gasteiger partial charge in [0.25, 0.3) is 0 Å². The summed E-state index contributed by atoms with van der Waals surface area (Å²) in [6.07, 6.45) is 7.75. The highest BCUT2D eigenvalue weighted by atomic mass is 28.3. The Morgan fingerprint density at radius 3 is 2.23 bits per heavy atom. The number of carbonyl (C=O) groups is 2. The van der Waals surface area contributed by atoms with Crippen molar-refractivity contribution in [3.05, 3.63) is 76.7 Å². The first kappa shape index (κ1) is 25.4. The van der Waals surface area contributed by atoms with Gasteiger partial charge in [-0.3, -0.25) is 0 Å². The Hall–Kier alpha value is -2.66. The van der Waals surface area contributed by atoms with E-state index in [9.17, 15) is 9.59 Å². The lowest BCUT2D eigenvalue weighted by molar-refractivity contribution is -0.137. The van der Waals surface area contributed by atoms with Crippen molar-refractivity contribution in [3.8, 4) is 0 Å². The Morgan fingerprint density at radius 2 is 1.73 bits per heavy atom. The van der Waals surface area contributed by atoms with Crippen LogP contribution in [0.2, 0.25) is 19.6 Å². The number of esters is 2. The average Bonchev–Trinajstić information content (AvgIpc) is 2.72. The maximum absolute atomic E-state index is 13.1. The molecular weight excluding hydrogens is 392 g/mol. The Bertz CT molecular complexity index is 840. The van der Waals surface area contributed by atoms with E-state index in [1.54, 1.807) is 13.0 Å². The molecular formula is C25H34O4Si. The van der Waals surface area contributed by atoms with Crippen molar-refractivity contribution in [2.24, 2.45) is 0 Å². The molecule has 5 heteroatoms. The summed E-state index contributed by atoms with van der Waals surface area (Å²) in [4.78, 5) is 25.1. The Balaban J connectivity index is 3.38. The van der Waals surface area contributed by atoms with E-state index in [0.717, 1.165) is 23.6 Å².